The topological polar surface area (TPSA) is 258 Å². The van der Waals surface area contributed by atoms with Crippen molar-refractivity contribution < 1.29 is 34.2 Å². The van der Waals surface area contributed by atoms with E-state index < -0.39 is 66.8 Å². The van der Waals surface area contributed by atoms with Gasteiger partial charge in [-0.05, 0) is 11.6 Å². The molecule has 39 heavy (non-hydrogen) atoms. The molecule has 4 unspecified atom stereocenters. The number of amides is 4. The molecule has 4 atom stereocenters. The van der Waals surface area contributed by atoms with E-state index in [4.69, 9.17) is 11.5 Å². The number of nitrogens with zero attached hydrogens (tertiary/aromatic N) is 1. The molecule has 0 saturated carbocycles. The Bertz CT molecular complexity index is 1320. The fourth-order valence-electron chi connectivity index (χ4n) is 3.87. The van der Waals surface area contributed by atoms with Gasteiger partial charge in [0, 0.05) is 41.8 Å². The summed E-state index contributed by atoms with van der Waals surface area (Å²) in [6, 6.07) is 1.73. The van der Waals surface area contributed by atoms with Crippen LogP contribution in [0.4, 0.5) is 0 Å². The second-order valence-electron chi connectivity index (χ2n) is 8.83. The van der Waals surface area contributed by atoms with E-state index >= 15 is 0 Å². The average molecular weight is 543 g/mol. The predicted molar refractivity (Wildman–Crippen MR) is 137 cm³/mol. The summed E-state index contributed by atoms with van der Waals surface area (Å²) in [7, 11) is 0. The zero-order valence-corrected chi connectivity index (χ0v) is 20.7. The zero-order chi connectivity index (χ0) is 28.5. The van der Waals surface area contributed by atoms with E-state index in [9.17, 15) is 34.2 Å². The first-order valence-electron chi connectivity index (χ1n) is 11.9. The number of imidazole rings is 1. The number of para-hydroxylation sites is 1. The molecular formula is C24H30N8O7. The molecule has 15 heteroatoms. The first kappa shape index (κ1) is 28.8. The van der Waals surface area contributed by atoms with Crippen LogP contribution in [-0.4, -0.2) is 85.5 Å². The number of H-pyrrole nitrogens is 2. The molecule has 15 nitrogen and oxygen atoms in total. The van der Waals surface area contributed by atoms with Gasteiger partial charge in [0.2, 0.25) is 23.6 Å². The number of primary amides is 1. The number of carbonyl (C=O) groups excluding carboxylic acids is 4. The Balaban J connectivity index is 1.80. The number of carbonyl (C=O) groups is 5. The standard InChI is InChI=1S/C24H30N8O7/c25-15(7-20(26)34)21(35)32-19(10-33)23(37)30-17(5-12-8-28-16-4-2-1-3-14(12)16)22(36)31-18(24(38)39)6-13-9-27-11-29-13/h1-4,8-9,11,15,17-19,28,33H,5-7,10,25H2,(H2,26,34)(H,27,29)(H,30,37)(H,31,36)(H,32,35)(H,38,39). The third kappa shape index (κ3) is 7.86. The van der Waals surface area contributed by atoms with E-state index in [2.05, 4.69) is 30.9 Å². The van der Waals surface area contributed by atoms with Gasteiger partial charge in [-0.3, -0.25) is 19.2 Å². The quantitative estimate of drug-likeness (QED) is 0.103. The van der Waals surface area contributed by atoms with Crippen LogP contribution >= 0.6 is 0 Å². The lowest BCUT2D eigenvalue weighted by Crippen LogP contribution is -2.58. The van der Waals surface area contributed by atoms with Gasteiger partial charge in [0.1, 0.15) is 18.1 Å². The van der Waals surface area contributed by atoms with Crippen molar-refractivity contribution in [1.82, 2.24) is 30.9 Å². The van der Waals surface area contributed by atoms with Crippen LogP contribution in [0.15, 0.2) is 43.0 Å². The van der Waals surface area contributed by atoms with Gasteiger partial charge in [-0.15, -0.1) is 0 Å². The van der Waals surface area contributed by atoms with Crippen molar-refractivity contribution in [3.05, 3.63) is 54.2 Å². The maximum Gasteiger partial charge on any atom is 0.326 e. The molecule has 0 saturated heterocycles. The van der Waals surface area contributed by atoms with E-state index in [0.717, 1.165) is 10.9 Å². The van der Waals surface area contributed by atoms with Crippen LogP contribution in [0.2, 0.25) is 0 Å². The smallest absolute Gasteiger partial charge is 0.326 e. The number of rotatable bonds is 14. The Hall–Kier alpha value is -4.76. The summed E-state index contributed by atoms with van der Waals surface area (Å²) in [6.07, 6.45) is 3.82. The summed E-state index contributed by atoms with van der Waals surface area (Å²) in [5.74, 6) is -4.79. The molecular weight excluding hydrogens is 512 g/mol. The molecule has 0 radical (unpaired) electrons. The number of aliphatic hydroxyl groups is 1. The van der Waals surface area contributed by atoms with Gasteiger partial charge >= 0.3 is 5.97 Å². The van der Waals surface area contributed by atoms with Crippen LogP contribution in [0.1, 0.15) is 17.7 Å². The number of carboxylic acids is 1. The maximum atomic E-state index is 13.3. The molecule has 3 aromatic rings. The first-order valence-corrected chi connectivity index (χ1v) is 11.9. The van der Waals surface area contributed by atoms with Crippen LogP contribution in [-0.2, 0) is 36.8 Å². The molecule has 1 aromatic carbocycles. The molecule has 0 bridgehead atoms. The van der Waals surface area contributed by atoms with E-state index in [-0.39, 0.29) is 12.8 Å². The third-order valence-corrected chi connectivity index (χ3v) is 5.90. The van der Waals surface area contributed by atoms with Crippen molar-refractivity contribution in [2.75, 3.05) is 6.61 Å². The number of nitrogens with two attached hydrogens (primary N) is 2. The summed E-state index contributed by atoms with van der Waals surface area (Å²) in [5, 5.41) is 27.3. The van der Waals surface area contributed by atoms with Gasteiger partial charge in [0.15, 0.2) is 0 Å². The van der Waals surface area contributed by atoms with Gasteiger partial charge in [0.05, 0.1) is 25.4 Å². The van der Waals surface area contributed by atoms with E-state index in [0.29, 0.717) is 11.3 Å². The van der Waals surface area contributed by atoms with Crippen molar-refractivity contribution in [3.8, 4) is 0 Å². The number of fused-ring (bicyclic) bond motifs is 1. The van der Waals surface area contributed by atoms with Crippen molar-refractivity contribution in [2.24, 2.45) is 11.5 Å². The molecule has 4 amide bonds. The lowest BCUT2D eigenvalue weighted by molar-refractivity contribution is -0.142. The largest absolute Gasteiger partial charge is 0.480 e. The Morgan fingerprint density at radius 3 is 2.23 bits per heavy atom. The summed E-state index contributed by atoms with van der Waals surface area (Å²) in [6.45, 7) is -0.847. The van der Waals surface area contributed by atoms with Crippen molar-refractivity contribution in [3.63, 3.8) is 0 Å². The summed E-state index contributed by atoms with van der Waals surface area (Å²) >= 11 is 0. The lowest BCUT2D eigenvalue weighted by atomic mass is 10.0. The number of hydrogen-bond acceptors (Lipinski definition) is 8. The first-order chi connectivity index (χ1) is 18.6. The number of nitrogens with one attached hydrogen (secondary N) is 5. The van der Waals surface area contributed by atoms with Gasteiger partial charge in [-0.1, -0.05) is 18.2 Å². The highest BCUT2D eigenvalue weighted by Crippen LogP contribution is 2.19. The van der Waals surface area contributed by atoms with Crippen LogP contribution in [0.5, 0.6) is 0 Å². The van der Waals surface area contributed by atoms with E-state index in [1.54, 1.807) is 12.3 Å². The van der Waals surface area contributed by atoms with Crippen LogP contribution in [0, 0.1) is 0 Å². The minimum Gasteiger partial charge on any atom is -0.480 e. The highest BCUT2D eigenvalue weighted by atomic mass is 16.4. The molecule has 11 N–H and O–H groups in total. The van der Waals surface area contributed by atoms with E-state index in [1.807, 2.05) is 18.2 Å². The molecule has 208 valence electrons. The van der Waals surface area contributed by atoms with Crippen LogP contribution < -0.4 is 27.4 Å². The summed E-state index contributed by atoms with van der Waals surface area (Å²) < 4.78 is 0. The normalized spacial score (nSPS) is 14.1. The lowest BCUT2D eigenvalue weighted by Gasteiger charge is -2.24. The molecule has 0 spiro atoms. The average Bonchev–Trinajstić information content (AvgIpc) is 3.55. The molecule has 0 aliphatic heterocycles. The summed E-state index contributed by atoms with van der Waals surface area (Å²) in [5.41, 5.74) is 12.5. The van der Waals surface area contributed by atoms with Crippen molar-refractivity contribution in [1.29, 1.82) is 0 Å². The molecule has 2 aromatic heterocycles. The predicted octanol–water partition coefficient (Wildman–Crippen LogP) is -2.59. The second-order valence-corrected chi connectivity index (χ2v) is 8.83. The molecule has 0 aliphatic rings. The Kier molecular flexibility index (Phi) is 9.72. The molecule has 0 aliphatic carbocycles. The summed E-state index contributed by atoms with van der Waals surface area (Å²) in [4.78, 5) is 71.1. The number of aromatic nitrogens is 3. The minimum absolute atomic E-state index is 0.0503. The number of aliphatic carboxylic acids is 1. The number of benzene rings is 1. The van der Waals surface area contributed by atoms with E-state index in [1.165, 1.54) is 12.5 Å². The zero-order valence-electron chi connectivity index (χ0n) is 20.7. The SMILES string of the molecule is NC(=O)CC(N)C(=O)NC(CO)C(=O)NC(Cc1c[nH]c2ccccc12)C(=O)NC(Cc1cnc[nH]1)C(=O)O. The monoisotopic (exact) mass is 542 g/mol. The number of carboxylic acid groups (broad SMARTS) is 1. The minimum atomic E-state index is -1.52. The van der Waals surface area contributed by atoms with Gasteiger partial charge in [-0.25, -0.2) is 9.78 Å². The van der Waals surface area contributed by atoms with Crippen molar-refractivity contribution >= 4 is 40.5 Å². The third-order valence-electron chi connectivity index (χ3n) is 5.90. The van der Waals surface area contributed by atoms with Crippen LogP contribution in [0.25, 0.3) is 10.9 Å². The molecule has 3 rings (SSSR count). The fraction of sp³-hybridized carbons (Fsp3) is 0.333. The van der Waals surface area contributed by atoms with Crippen LogP contribution in [0.3, 0.4) is 0 Å². The van der Waals surface area contributed by atoms with Gasteiger partial charge in [-0.2, -0.15) is 0 Å². The highest BCUT2D eigenvalue weighted by Gasteiger charge is 2.31. The fourth-order valence-corrected chi connectivity index (χ4v) is 3.87. The Morgan fingerprint density at radius 1 is 0.923 bits per heavy atom. The molecule has 0 fully saturated rings. The maximum absolute atomic E-state index is 13.3. The highest BCUT2D eigenvalue weighted by molar-refractivity contribution is 5.95. The Morgan fingerprint density at radius 2 is 1.59 bits per heavy atom. The second kappa shape index (κ2) is 13.2. The number of aliphatic hydroxyl groups excluding tert-OH is 1. The molecule has 2 heterocycles. The number of hydrogen-bond donors (Lipinski definition) is 9. The van der Waals surface area contributed by atoms with Gasteiger partial charge < -0.3 is 47.6 Å². The van der Waals surface area contributed by atoms with Crippen molar-refractivity contribution in [2.45, 2.75) is 43.4 Å². The number of aromatic amines is 2. The van der Waals surface area contributed by atoms with Gasteiger partial charge in [0.25, 0.3) is 0 Å². The Labute approximate surface area is 221 Å².